The highest BCUT2D eigenvalue weighted by Gasteiger charge is 2.25. The number of nitrogens with one attached hydrogen (secondary N) is 2. The van der Waals surface area contributed by atoms with Crippen molar-refractivity contribution in [3.05, 3.63) is 41.7 Å². The van der Waals surface area contributed by atoms with E-state index in [4.69, 9.17) is 4.74 Å². The summed E-state index contributed by atoms with van der Waals surface area (Å²) in [6, 6.07) is 7.44. The first-order valence-corrected chi connectivity index (χ1v) is 7.93. The van der Waals surface area contributed by atoms with Crippen molar-refractivity contribution in [2.45, 2.75) is 26.3 Å². The number of amides is 1. The van der Waals surface area contributed by atoms with Crippen LogP contribution in [0.15, 0.2) is 30.5 Å². The molecule has 0 saturated carbocycles. The Morgan fingerprint density at radius 2 is 2.22 bits per heavy atom. The van der Waals surface area contributed by atoms with Crippen LogP contribution in [0.2, 0.25) is 0 Å². The van der Waals surface area contributed by atoms with Gasteiger partial charge in [0.05, 0.1) is 19.3 Å². The molecule has 2 heterocycles. The van der Waals surface area contributed by atoms with Gasteiger partial charge in [-0.3, -0.25) is 14.8 Å². The second-order valence-electron chi connectivity index (χ2n) is 5.89. The number of rotatable bonds is 5. The van der Waals surface area contributed by atoms with Crippen molar-refractivity contribution >= 4 is 11.6 Å². The first-order chi connectivity index (χ1) is 11.2. The van der Waals surface area contributed by atoms with Gasteiger partial charge in [-0.1, -0.05) is 6.92 Å². The van der Waals surface area contributed by atoms with Gasteiger partial charge in [-0.15, -0.1) is 0 Å². The molecule has 1 unspecified atom stereocenters. The van der Waals surface area contributed by atoms with Crippen molar-refractivity contribution in [2.24, 2.45) is 0 Å². The zero-order valence-electron chi connectivity index (χ0n) is 13.5. The van der Waals surface area contributed by atoms with E-state index in [2.05, 4.69) is 27.3 Å². The van der Waals surface area contributed by atoms with Crippen LogP contribution in [0, 0.1) is 0 Å². The van der Waals surface area contributed by atoms with E-state index in [1.807, 2.05) is 37.4 Å². The quantitative estimate of drug-likeness (QED) is 0.889. The van der Waals surface area contributed by atoms with Crippen LogP contribution in [-0.2, 0) is 11.3 Å². The SMILES string of the molecule is CCOc1ccc(NC(=O)CN2Cc3cn[nH]c3C(C)C2)cc1. The highest BCUT2D eigenvalue weighted by molar-refractivity contribution is 5.92. The third-order valence-corrected chi connectivity index (χ3v) is 3.99. The molecule has 1 aromatic carbocycles. The zero-order valence-corrected chi connectivity index (χ0v) is 13.5. The van der Waals surface area contributed by atoms with Crippen molar-refractivity contribution in [1.29, 1.82) is 0 Å². The van der Waals surface area contributed by atoms with Gasteiger partial charge in [0.1, 0.15) is 5.75 Å². The van der Waals surface area contributed by atoms with Gasteiger partial charge in [0, 0.05) is 36.0 Å². The fraction of sp³-hybridized carbons (Fsp3) is 0.412. The van der Waals surface area contributed by atoms with E-state index in [0.717, 1.165) is 24.5 Å². The van der Waals surface area contributed by atoms with Crippen LogP contribution >= 0.6 is 0 Å². The average Bonchev–Trinajstić information content (AvgIpc) is 2.98. The molecule has 0 aliphatic carbocycles. The minimum Gasteiger partial charge on any atom is -0.494 e. The van der Waals surface area contributed by atoms with Crippen LogP contribution in [0.4, 0.5) is 5.69 Å². The second-order valence-corrected chi connectivity index (χ2v) is 5.89. The number of benzene rings is 1. The minimum atomic E-state index is -0.00620. The van der Waals surface area contributed by atoms with E-state index in [9.17, 15) is 4.79 Å². The normalized spacial score (nSPS) is 17.6. The molecule has 1 aromatic heterocycles. The zero-order chi connectivity index (χ0) is 16.2. The van der Waals surface area contributed by atoms with Crippen LogP contribution in [0.25, 0.3) is 0 Å². The molecule has 0 saturated heterocycles. The molecule has 1 aliphatic rings. The molecule has 6 heteroatoms. The van der Waals surface area contributed by atoms with Crippen LogP contribution < -0.4 is 10.1 Å². The summed E-state index contributed by atoms with van der Waals surface area (Å²) in [6.07, 6.45) is 1.85. The van der Waals surface area contributed by atoms with Gasteiger partial charge in [-0.05, 0) is 31.2 Å². The van der Waals surface area contributed by atoms with E-state index in [1.165, 1.54) is 11.3 Å². The molecule has 0 radical (unpaired) electrons. The van der Waals surface area contributed by atoms with E-state index in [1.54, 1.807) is 0 Å². The van der Waals surface area contributed by atoms with Crippen molar-refractivity contribution in [3.63, 3.8) is 0 Å². The van der Waals surface area contributed by atoms with Gasteiger partial charge in [0.25, 0.3) is 0 Å². The molecule has 3 rings (SSSR count). The first kappa shape index (κ1) is 15.6. The highest BCUT2D eigenvalue weighted by atomic mass is 16.5. The van der Waals surface area contributed by atoms with Gasteiger partial charge in [-0.2, -0.15) is 5.10 Å². The number of hydrogen-bond acceptors (Lipinski definition) is 4. The molecular weight excluding hydrogens is 292 g/mol. The number of hydrogen-bond donors (Lipinski definition) is 2. The number of H-pyrrole nitrogens is 1. The molecule has 0 bridgehead atoms. The molecule has 2 N–H and O–H groups in total. The topological polar surface area (TPSA) is 70.2 Å². The van der Waals surface area contributed by atoms with Gasteiger partial charge < -0.3 is 10.1 Å². The number of carbonyl (C=O) groups is 1. The summed E-state index contributed by atoms with van der Waals surface area (Å²) in [5.74, 6) is 1.16. The number of aromatic nitrogens is 2. The monoisotopic (exact) mass is 314 g/mol. The van der Waals surface area contributed by atoms with E-state index < -0.39 is 0 Å². The molecule has 0 fully saturated rings. The van der Waals surface area contributed by atoms with E-state index in [0.29, 0.717) is 19.1 Å². The standard InChI is InChI=1S/C17H22N4O2/c1-3-23-15-6-4-14(5-7-15)19-16(22)11-21-9-12(2)17-13(10-21)8-18-20-17/h4-8,12H,3,9-11H2,1-2H3,(H,18,20)(H,19,22). The maximum atomic E-state index is 12.2. The second kappa shape index (κ2) is 6.83. The molecule has 1 aliphatic heterocycles. The maximum Gasteiger partial charge on any atom is 0.238 e. The largest absolute Gasteiger partial charge is 0.494 e. The molecule has 23 heavy (non-hydrogen) atoms. The minimum absolute atomic E-state index is 0.00620. The Balaban J connectivity index is 1.55. The summed E-state index contributed by atoms with van der Waals surface area (Å²) < 4.78 is 5.39. The number of aromatic amines is 1. The van der Waals surface area contributed by atoms with Crippen LogP contribution in [0.1, 0.15) is 31.0 Å². The molecule has 2 aromatic rings. The number of ether oxygens (including phenoxy) is 1. The highest BCUT2D eigenvalue weighted by Crippen LogP contribution is 2.25. The van der Waals surface area contributed by atoms with Gasteiger partial charge in [0.15, 0.2) is 0 Å². The number of nitrogens with zero attached hydrogens (tertiary/aromatic N) is 2. The number of fused-ring (bicyclic) bond motifs is 1. The fourth-order valence-corrected chi connectivity index (χ4v) is 2.98. The lowest BCUT2D eigenvalue weighted by Crippen LogP contribution is -2.38. The summed E-state index contributed by atoms with van der Waals surface area (Å²) >= 11 is 0. The third-order valence-electron chi connectivity index (χ3n) is 3.99. The Kier molecular flexibility index (Phi) is 4.62. The maximum absolute atomic E-state index is 12.2. The van der Waals surface area contributed by atoms with E-state index in [-0.39, 0.29) is 5.91 Å². The van der Waals surface area contributed by atoms with Crippen molar-refractivity contribution in [2.75, 3.05) is 25.0 Å². The van der Waals surface area contributed by atoms with Crippen molar-refractivity contribution < 1.29 is 9.53 Å². The average molecular weight is 314 g/mol. The predicted molar refractivity (Wildman–Crippen MR) is 88.5 cm³/mol. The Bertz CT molecular complexity index is 665. The van der Waals surface area contributed by atoms with Crippen LogP contribution in [0.5, 0.6) is 5.75 Å². The Hall–Kier alpha value is -2.34. The van der Waals surface area contributed by atoms with Gasteiger partial charge in [0.2, 0.25) is 5.91 Å². The molecular formula is C17H22N4O2. The number of carbonyl (C=O) groups excluding carboxylic acids is 1. The first-order valence-electron chi connectivity index (χ1n) is 7.93. The van der Waals surface area contributed by atoms with Crippen molar-refractivity contribution in [3.8, 4) is 5.75 Å². The molecule has 1 atom stereocenters. The lowest BCUT2D eigenvalue weighted by Gasteiger charge is -2.29. The van der Waals surface area contributed by atoms with Crippen molar-refractivity contribution in [1.82, 2.24) is 15.1 Å². The fourth-order valence-electron chi connectivity index (χ4n) is 2.98. The third kappa shape index (κ3) is 3.71. The van der Waals surface area contributed by atoms with Crippen LogP contribution in [0.3, 0.4) is 0 Å². The lowest BCUT2D eigenvalue weighted by atomic mass is 9.98. The smallest absolute Gasteiger partial charge is 0.238 e. The van der Waals surface area contributed by atoms with E-state index >= 15 is 0 Å². The molecule has 1 amide bonds. The van der Waals surface area contributed by atoms with Gasteiger partial charge in [-0.25, -0.2) is 0 Å². The molecule has 122 valence electrons. The summed E-state index contributed by atoms with van der Waals surface area (Å²) in [7, 11) is 0. The number of anilines is 1. The Morgan fingerprint density at radius 3 is 2.96 bits per heavy atom. The Morgan fingerprint density at radius 1 is 1.43 bits per heavy atom. The Labute approximate surface area is 135 Å². The molecule has 6 nitrogen and oxygen atoms in total. The predicted octanol–water partition coefficient (Wildman–Crippen LogP) is 2.37. The summed E-state index contributed by atoms with van der Waals surface area (Å²) in [4.78, 5) is 14.4. The summed E-state index contributed by atoms with van der Waals surface area (Å²) in [6.45, 7) is 6.71. The molecule has 0 spiro atoms. The van der Waals surface area contributed by atoms with Crippen LogP contribution in [-0.4, -0.2) is 40.7 Å². The van der Waals surface area contributed by atoms with Gasteiger partial charge >= 0.3 is 0 Å². The lowest BCUT2D eigenvalue weighted by molar-refractivity contribution is -0.117. The summed E-state index contributed by atoms with van der Waals surface area (Å²) in [5, 5.41) is 10.1. The summed E-state index contributed by atoms with van der Waals surface area (Å²) in [5.41, 5.74) is 3.15.